The monoisotopic (exact) mass is 253 g/mol. The molecule has 0 aromatic heterocycles. The maximum Gasteiger partial charge on any atom is 0.166 e. The van der Waals surface area contributed by atoms with E-state index >= 15 is 0 Å². The topological polar surface area (TPSA) is 30.5 Å². The van der Waals surface area contributed by atoms with Gasteiger partial charge >= 0.3 is 0 Å². The summed E-state index contributed by atoms with van der Waals surface area (Å²) in [6.45, 7) is 5.37. The highest BCUT2D eigenvalue weighted by molar-refractivity contribution is 5.57. The molecule has 1 aliphatic rings. The summed E-state index contributed by atoms with van der Waals surface area (Å²) in [5.41, 5.74) is 2.14. The van der Waals surface area contributed by atoms with Gasteiger partial charge in [0.15, 0.2) is 11.5 Å². The van der Waals surface area contributed by atoms with Crippen LogP contribution in [0.4, 0.5) is 4.39 Å². The second-order valence-electron chi connectivity index (χ2n) is 4.73. The number of hydrogen-bond acceptors (Lipinski definition) is 3. The van der Waals surface area contributed by atoms with Crippen molar-refractivity contribution in [1.29, 1.82) is 0 Å². The lowest BCUT2D eigenvalue weighted by molar-refractivity contribution is 0.343. The fourth-order valence-electron chi connectivity index (χ4n) is 2.80. The third-order valence-electron chi connectivity index (χ3n) is 3.73. The number of hydrogen-bond donors (Lipinski definition) is 1. The molecule has 4 heteroatoms. The quantitative estimate of drug-likeness (QED) is 0.898. The lowest BCUT2D eigenvalue weighted by atomic mass is 9.90. The molecule has 0 radical (unpaired) electrons. The lowest BCUT2D eigenvalue weighted by Crippen LogP contribution is -2.12. The molecule has 1 fully saturated rings. The first-order valence-corrected chi connectivity index (χ1v) is 6.23. The third-order valence-corrected chi connectivity index (χ3v) is 3.73. The van der Waals surface area contributed by atoms with Crippen LogP contribution >= 0.6 is 0 Å². The average Bonchev–Trinajstić information content (AvgIpc) is 2.89. The van der Waals surface area contributed by atoms with Gasteiger partial charge in [0.2, 0.25) is 0 Å². The van der Waals surface area contributed by atoms with Crippen LogP contribution in [0.5, 0.6) is 11.5 Å². The zero-order valence-corrected chi connectivity index (χ0v) is 11.4. The van der Waals surface area contributed by atoms with E-state index in [4.69, 9.17) is 9.47 Å². The molecule has 1 N–H and O–H groups in total. The Kier molecular flexibility index (Phi) is 3.76. The van der Waals surface area contributed by atoms with E-state index in [0.29, 0.717) is 28.5 Å². The van der Waals surface area contributed by atoms with E-state index in [9.17, 15) is 4.39 Å². The fourth-order valence-corrected chi connectivity index (χ4v) is 2.80. The summed E-state index contributed by atoms with van der Waals surface area (Å²) in [5, 5.41) is 3.30. The molecule has 18 heavy (non-hydrogen) atoms. The van der Waals surface area contributed by atoms with Crippen molar-refractivity contribution in [2.75, 3.05) is 27.3 Å². The van der Waals surface area contributed by atoms with E-state index in [0.717, 1.165) is 25.1 Å². The number of methoxy groups -OCH3 is 2. The van der Waals surface area contributed by atoms with Gasteiger partial charge in [-0.05, 0) is 32.4 Å². The van der Waals surface area contributed by atoms with Crippen LogP contribution in [0.25, 0.3) is 0 Å². The van der Waals surface area contributed by atoms with Gasteiger partial charge in [-0.2, -0.15) is 0 Å². The van der Waals surface area contributed by atoms with Crippen molar-refractivity contribution in [1.82, 2.24) is 5.32 Å². The van der Waals surface area contributed by atoms with Crippen molar-refractivity contribution in [2.45, 2.75) is 26.2 Å². The van der Waals surface area contributed by atoms with Gasteiger partial charge in [-0.1, -0.05) is 0 Å². The summed E-state index contributed by atoms with van der Waals surface area (Å²) in [5.74, 6) is 1.31. The van der Waals surface area contributed by atoms with Crippen molar-refractivity contribution in [3.8, 4) is 11.5 Å². The minimum absolute atomic E-state index is 0.186. The molecule has 2 rings (SSSR count). The predicted octanol–water partition coefficient (Wildman–Crippen LogP) is 2.54. The van der Waals surface area contributed by atoms with Crippen molar-refractivity contribution in [2.24, 2.45) is 0 Å². The highest BCUT2D eigenvalue weighted by atomic mass is 19.1. The zero-order chi connectivity index (χ0) is 13.3. The van der Waals surface area contributed by atoms with Gasteiger partial charge in [0.1, 0.15) is 5.82 Å². The number of halogens is 1. The summed E-state index contributed by atoms with van der Waals surface area (Å²) in [7, 11) is 3.16. The van der Waals surface area contributed by atoms with Crippen LogP contribution in [0.15, 0.2) is 0 Å². The molecule has 0 aliphatic carbocycles. The average molecular weight is 253 g/mol. The minimum atomic E-state index is -0.186. The number of benzene rings is 1. The maximum atomic E-state index is 14.3. The SMILES string of the molecule is COc1c(C)c(F)c(C)c(C2CCNC2)c1OC. The number of rotatable bonds is 3. The molecule has 1 aliphatic heterocycles. The first-order valence-electron chi connectivity index (χ1n) is 6.23. The van der Waals surface area contributed by atoms with Gasteiger partial charge in [0.25, 0.3) is 0 Å². The molecular weight excluding hydrogens is 233 g/mol. The zero-order valence-electron chi connectivity index (χ0n) is 11.4. The van der Waals surface area contributed by atoms with Crippen molar-refractivity contribution in [3.63, 3.8) is 0 Å². The Morgan fingerprint density at radius 1 is 1.11 bits per heavy atom. The summed E-state index contributed by atoms with van der Waals surface area (Å²) < 4.78 is 25.0. The smallest absolute Gasteiger partial charge is 0.166 e. The molecule has 1 aromatic rings. The minimum Gasteiger partial charge on any atom is -0.493 e. The van der Waals surface area contributed by atoms with Gasteiger partial charge < -0.3 is 14.8 Å². The molecular formula is C14H20FNO2. The Hall–Kier alpha value is -1.29. The molecule has 0 saturated carbocycles. The Labute approximate surface area is 107 Å². The normalized spacial score (nSPS) is 19.1. The Morgan fingerprint density at radius 3 is 2.28 bits per heavy atom. The molecule has 1 aromatic carbocycles. The summed E-state index contributed by atoms with van der Waals surface area (Å²) >= 11 is 0. The van der Waals surface area contributed by atoms with Gasteiger partial charge in [0.05, 0.1) is 14.2 Å². The first-order chi connectivity index (χ1) is 8.61. The van der Waals surface area contributed by atoms with Gasteiger partial charge in [-0.15, -0.1) is 0 Å². The molecule has 0 spiro atoms. The lowest BCUT2D eigenvalue weighted by Gasteiger charge is -2.22. The van der Waals surface area contributed by atoms with Crippen molar-refractivity contribution < 1.29 is 13.9 Å². The standard InChI is InChI=1S/C14H20FNO2/c1-8-11(10-5-6-16-7-10)14(18-4)13(17-3)9(2)12(8)15/h10,16H,5-7H2,1-4H3. The summed E-state index contributed by atoms with van der Waals surface area (Å²) in [6.07, 6.45) is 1.00. The Bertz CT molecular complexity index is 454. The number of nitrogens with one attached hydrogen (secondary N) is 1. The van der Waals surface area contributed by atoms with Crippen molar-refractivity contribution in [3.05, 3.63) is 22.5 Å². The predicted molar refractivity (Wildman–Crippen MR) is 69.2 cm³/mol. The van der Waals surface area contributed by atoms with Crippen LogP contribution < -0.4 is 14.8 Å². The van der Waals surface area contributed by atoms with Crippen LogP contribution in [-0.2, 0) is 0 Å². The van der Waals surface area contributed by atoms with Crippen LogP contribution in [0, 0.1) is 19.7 Å². The van der Waals surface area contributed by atoms with Gasteiger partial charge in [-0.3, -0.25) is 0 Å². The molecule has 100 valence electrons. The molecule has 1 unspecified atom stereocenters. The van der Waals surface area contributed by atoms with E-state index in [2.05, 4.69) is 5.32 Å². The molecule has 3 nitrogen and oxygen atoms in total. The van der Waals surface area contributed by atoms with E-state index in [1.165, 1.54) is 0 Å². The highest BCUT2D eigenvalue weighted by Crippen LogP contribution is 2.43. The van der Waals surface area contributed by atoms with Crippen molar-refractivity contribution >= 4 is 0 Å². The van der Waals surface area contributed by atoms with E-state index in [-0.39, 0.29) is 5.82 Å². The third kappa shape index (κ3) is 1.94. The molecule has 1 heterocycles. The van der Waals surface area contributed by atoms with Crippen LogP contribution in [-0.4, -0.2) is 27.3 Å². The van der Waals surface area contributed by atoms with Crippen LogP contribution in [0.1, 0.15) is 29.0 Å². The molecule has 1 atom stereocenters. The second-order valence-corrected chi connectivity index (χ2v) is 4.73. The van der Waals surface area contributed by atoms with Gasteiger partial charge in [-0.25, -0.2) is 4.39 Å². The number of ether oxygens (including phenoxy) is 2. The van der Waals surface area contributed by atoms with E-state index in [1.54, 1.807) is 21.1 Å². The molecule has 0 amide bonds. The van der Waals surface area contributed by atoms with E-state index in [1.807, 2.05) is 6.92 Å². The molecule has 0 bridgehead atoms. The van der Waals surface area contributed by atoms with Crippen LogP contribution in [0.3, 0.4) is 0 Å². The molecule has 1 saturated heterocycles. The Morgan fingerprint density at radius 2 is 1.78 bits per heavy atom. The fraction of sp³-hybridized carbons (Fsp3) is 0.571. The second kappa shape index (κ2) is 5.14. The van der Waals surface area contributed by atoms with Gasteiger partial charge in [0, 0.05) is 23.6 Å². The van der Waals surface area contributed by atoms with E-state index < -0.39 is 0 Å². The summed E-state index contributed by atoms with van der Waals surface area (Å²) in [6, 6.07) is 0. The highest BCUT2D eigenvalue weighted by Gasteiger charge is 2.28. The summed E-state index contributed by atoms with van der Waals surface area (Å²) in [4.78, 5) is 0. The van der Waals surface area contributed by atoms with Crippen LogP contribution in [0.2, 0.25) is 0 Å². The largest absolute Gasteiger partial charge is 0.493 e. The maximum absolute atomic E-state index is 14.3. The Balaban J connectivity index is 2.65. The first kappa shape index (κ1) is 13.1.